The molecule has 17 heavy (non-hydrogen) atoms. The Bertz CT molecular complexity index is 295. The van der Waals surface area contributed by atoms with E-state index < -0.39 is 0 Å². The molecular formula is C15H26O2. The minimum absolute atomic E-state index is 0.772. The Hall–Kier alpha value is -1.18. The van der Waals surface area contributed by atoms with Crippen molar-refractivity contribution in [3.8, 4) is 11.5 Å². The zero-order valence-corrected chi connectivity index (χ0v) is 11.9. The van der Waals surface area contributed by atoms with Gasteiger partial charge in [-0.1, -0.05) is 27.7 Å². The lowest BCUT2D eigenvalue weighted by Gasteiger charge is -2.10. The first kappa shape index (κ1) is 15.8. The fourth-order valence-corrected chi connectivity index (χ4v) is 1.31. The SMILES string of the molecule is CC.CCCOc1ccc(OCCC)c(C)c1. The Labute approximate surface area is 106 Å². The highest BCUT2D eigenvalue weighted by molar-refractivity contribution is 5.39. The van der Waals surface area contributed by atoms with Crippen molar-refractivity contribution in [2.24, 2.45) is 0 Å². The highest BCUT2D eigenvalue weighted by atomic mass is 16.5. The molecule has 0 aliphatic heterocycles. The average molecular weight is 238 g/mol. The van der Waals surface area contributed by atoms with Crippen LogP contribution in [0.15, 0.2) is 18.2 Å². The summed E-state index contributed by atoms with van der Waals surface area (Å²) in [6, 6.07) is 5.98. The van der Waals surface area contributed by atoms with E-state index in [9.17, 15) is 0 Å². The molecule has 0 spiro atoms. The zero-order valence-electron chi connectivity index (χ0n) is 11.9. The Morgan fingerprint density at radius 1 is 0.941 bits per heavy atom. The topological polar surface area (TPSA) is 18.5 Å². The Balaban J connectivity index is 0.00000121. The minimum Gasteiger partial charge on any atom is -0.494 e. The molecule has 0 bridgehead atoms. The molecule has 0 aromatic heterocycles. The van der Waals surface area contributed by atoms with Crippen LogP contribution < -0.4 is 9.47 Å². The van der Waals surface area contributed by atoms with Crippen molar-refractivity contribution in [3.05, 3.63) is 23.8 Å². The fourth-order valence-electron chi connectivity index (χ4n) is 1.31. The van der Waals surface area contributed by atoms with E-state index in [1.54, 1.807) is 0 Å². The molecule has 1 aromatic rings. The van der Waals surface area contributed by atoms with Gasteiger partial charge in [0.05, 0.1) is 13.2 Å². The monoisotopic (exact) mass is 238 g/mol. The summed E-state index contributed by atoms with van der Waals surface area (Å²) in [5.41, 5.74) is 1.14. The van der Waals surface area contributed by atoms with Gasteiger partial charge in [0.25, 0.3) is 0 Å². The van der Waals surface area contributed by atoms with E-state index in [0.717, 1.165) is 43.1 Å². The molecule has 0 radical (unpaired) electrons. The first-order valence-electron chi connectivity index (χ1n) is 6.64. The van der Waals surface area contributed by atoms with Gasteiger partial charge in [-0.05, 0) is 43.5 Å². The maximum atomic E-state index is 5.59. The van der Waals surface area contributed by atoms with Crippen LogP contribution in [-0.4, -0.2) is 13.2 Å². The highest BCUT2D eigenvalue weighted by Crippen LogP contribution is 2.23. The summed E-state index contributed by atoms with van der Waals surface area (Å²) in [6.07, 6.45) is 2.07. The average Bonchev–Trinajstić information content (AvgIpc) is 2.37. The van der Waals surface area contributed by atoms with Gasteiger partial charge in [-0.3, -0.25) is 0 Å². The van der Waals surface area contributed by atoms with E-state index in [2.05, 4.69) is 13.8 Å². The molecule has 0 amide bonds. The van der Waals surface area contributed by atoms with Crippen molar-refractivity contribution in [1.29, 1.82) is 0 Å². The molecular weight excluding hydrogens is 212 g/mol. The third kappa shape index (κ3) is 6.20. The molecule has 98 valence electrons. The summed E-state index contributed by atoms with van der Waals surface area (Å²) in [5.74, 6) is 1.89. The maximum absolute atomic E-state index is 5.59. The summed E-state index contributed by atoms with van der Waals surface area (Å²) in [6.45, 7) is 11.8. The molecule has 1 rings (SSSR count). The summed E-state index contributed by atoms with van der Waals surface area (Å²) in [4.78, 5) is 0. The number of benzene rings is 1. The third-order valence-corrected chi connectivity index (χ3v) is 2.08. The molecule has 0 heterocycles. The molecule has 0 aliphatic carbocycles. The molecule has 0 saturated heterocycles. The Morgan fingerprint density at radius 2 is 1.53 bits per heavy atom. The van der Waals surface area contributed by atoms with Crippen molar-refractivity contribution in [1.82, 2.24) is 0 Å². The first-order chi connectivity index (χ1) is 8.27. The number of hydrogen-bond acceptors (Lipinski definition) is 2. The number of ether oxygens (including phenoxy) is 2. The van der Waals surface area contributed by atoms with Gasteiger partial charge in [0.2, 0.25) is 0 Å². The van der Waals surface area contributed by atoms with Crippen LogP contribution in [0.4, 0.5) is 0 Å². The lowest BCUT2D eigenvalue weighted by molar-refractivity contribution is 0.307. The van der Waals surface area contributed by atoms with Crippen molar-refractivity contribution < 1.29 is 9.47 Å². The summed E-state index contributed by atoms with van der Waals surface area (Å²) in [5, 5.41) is 0. The van der Waals surface area contributed by atoms with Crippen molar-refractivity contribution >= 4 is 0 Å². The van der Waals surface area contributed by atoms with Crippen molar-refractivity contribution in [2.45, 2.75) is 47.5 Å². The Morgan fingerprint density at radius 3 is 2.06 bits per heavy atom. The molecule has 2 heteroatoms. The van der Waals surface area contributed by atoms with Crippen LogP contribution in [0.5, 0.6) is 11.5 Å². The lowest BCUT2D eigenvalue weighted by Crippen LogP contribution is -1.99. The van der Waals surface area contributed by atoms with Crippen LogP contribution in [0, 0.1) is 6.92 Å². The fraction of sp³-hybridized carbons (Fsp3) is 0.600. The van der Waals surface area contributed by atoms with Gasteiger partial charge in [0.15, 0.2) is 0 Å². The van der Waals surface area contributed by atoms with Gasteiger partial charge < -0.3 is 9.47 Å². The van der Waals surface area contributed by atoms with Crippen LogP contribution in [-0.2, 0) is 0 Å². The van der Waals surface area contributed by atoms with Crippen LogP contribution in [0.1, 0.15) is 46.1 Å². The molecule has 1 aromatic carbocycles. The number of aryl methyl sites for hydroxylation is 1. The maximum Gasteiger partial charge on any atom is 0.122 e. The normalized spacial score (nSPS) is 9.24. The molecule has 0 atom stereocenters. The molecule has 2 nitrogen and oxygen atoms in total. The molecule has 0 saturated carbocycles. The lowest BCUT2D eigenvalue weighted by atomic mass is 10.2. The van der Waals surface area contributed by atoms with Crippen LogP contribution in [0.2, 0.25) is 0 Å². The number of hydrogen-bond donors (Lipinski definition) is 0. The van der Waals surface area contributed by atoms with E-state index in [-0.39, 0.29) is 0 Å². The zero-order chi connectivity index (χ0) is 13.1. The highest BCUT2D eigenvalue weighted by Gasteiger charge is 2.01. The second kappa shape index (κ2) is 10.0. The second-order valence-corrected chi connectivity index (χ2v) is 3.62. The van der Waals surface area contributed by atoms with Gasteiger partial charge >= 0.3 is 0 Å². The third-order valence-electron chi connectivity index (χ3n) is 2.08. The van der Waals surface area contributed by atoms with Crippen LogP contribution >= 0.6 is 0 Å². The van der Waals surface area contributed by atoms with Gasteiger partial charge in [-0.2, -0.15) is 0 Å². The molecule has 0 unspecified atom stereocenters. The summed E-state index contributed by atoms with van der Waals surface area (Å²) < 4.78 is 11.1. The molecule has 0 fully saturated rings. The summed E-state index contributed by atoms with van der Waals surface area (Å²) in [7, 11) is 0. The number of rotatable bonds is 6. The smallest absolute Gasteiger partial charge is 0.122 e. The molecule has 0 aliphatic rings. The molecule has 0 N–H and O–H groups in total. The predicted molar refractivity (Wildman–Crippen MR) is 74.1 cm³/mol. The van der Waals surface area contributed by atoms with Crippen LogP contribution in [0.25, 0.3) is 0 Å². The quantitative estimate of drug-likeness (QED) is 0.721. The first-order valence-corrected chi connectivity index (χ1v) is 6.64. The standard InChI is InChI=1S/C13H20O2.C2H6/c1-4-8-14-12-6-7-13(11(3)10-12)15-9-5-2;1-2/h6-7,10H,4-5,8-9H2,1-3H3;1-2H3. The van der Waals surface area contributed by atoms with E-state index in [1.807, 2.05) is 39.0 Å². The van der Waals surface area contributed by atoms with E-state index in [1.165, 1.54) is 0 Å². The van der Waals surface area contributed by atoms with Crippen LogP contribution in [0.3, 0.4) is 0 Å². The largest absolute Gasteiger partial charge is 0.494 e. The van der Waals surface area contributed by atoms with E-state index in [0.29, 0.717) is 0 Å². The Kier molecular flexibility index (Phi) is 9.31. The van der Waals surface area contributed by atoms with Crippen molar-refractivity contribution in [3.63, 3.8) is 0 Å². The minimum atomic E-state index is 0.772. The van der Waals surface area contributed by atoms with Gasteiger partial charge in [-0.15, -0.1) is 0 Å². The predicted octanol–water partition coefficient (Wildman–Crippen LogP) is 4.60. The van der Waals surface area contributed by atoms with E-state index in [4.69, 9.17) is 9.47 Å². The van der Waals surface area contributed by atoms with Gasteiger partial charge in [-0.25, -0.2) is 0 Å². The van der Waals surface area contributed by atoms with E-state index >= 15 is 0 Å². The summed E-state index contributed by atoms with van der Waals surface area (Å²) >= 11 is 0. The second-order valence-electron chi connectivity index (χ2n) is 3.62. The van der Waals surface area contributed by atoms with Gasteiger partial charge in [0, 0.05) is 0 Å². The van der Waals surface area contributed by atoms with Crippen molar-refractivity contribution in [2.75, 3.05) is 13.2 Å². The van der Waals surface area contributed by atoms with Gasteiger partial charge in [0.1, 0.15) is 11.5 Å².